The van der Waals surface area contributed by atoms with Crippen molar-refractivity contribution in [2.75, 3.05) is 26.7 Å². The summed E-state index contributed by atoms with van der Waals surface area (Å²) >= 11 is 3.63. The van der Waals surface area contributed by atoms with E-state index in [0.29, 0.717) is 0 Å². The molecule has 1 atom stereocenters. The third-order valence-electron chi connectivity index (χ3n) is 3.83. The Morgan fingerprint density at radius 3 is 2.89 bits per heavy atom. The van der Waals surface area contributed by atoms with Gasteiger partial charge in [-0.15, -0.1) is 0 Å². The molecular weight excluding hydrogens is 288 g/mol. The fourth-order valence-electron chi connectivity index (χ4n) is 2.86. The number of hydrogen-bond acceptors (Lipinski definition) is 2. The minimum absolute atomic E-state index is 0.752. The second kappa shape index (κ2) is 6.69. The van der Waals surface area contributed by atoms with Crippen LogP contribution in [0.5, 0.6) is 0 Å². The average molecular weight is 311 g/mol. The molecule has 1 fully saturated rings. The fourth-order valence-corrected chi connectivity index (χ4v) is 3.27. The molecule has 2 nitrogen and oxygen atoms in total. The topological polar surface area (TPSA) is 6.48 Å². The van der Waals surface area contributed by atoms with E-state index in [1.165, 1.54) is 42.5 Å². The molecular formula is C15H23BrN2. The van der Waals surface area contributed by atoms with Gasteiger partial charge in [0.2, 0.25) is 0 Å². The molecule has 0 saturated carbocycles. The minimum atomic E-state index is 0.752. The van der Waals surface area contributed by atoms with Crippen molar-refractivity contribution in [1.82, 2.24) is 9.80 Å². The number of halogens is 1. The molecule has 1 aromatic carbocycles. The monoisotopic (exact) mass is 310 g/mol. The second-order valence-corrected chi connectivity index (χ2v) is 6.07. The van der Waals surface area contributed by atoms with Crippen molar-refractivity contribution in [2.45, 2.75) is 32.4 Å². The summed E-state index contributed by atoms with van der Waals surface area (Å²) in [5.74, 6) is 0. The predicted octanol–water partition coefficient (Wildman–Crippen LogP) is 3.37. The van der Waals surface area contributed by atoms with Crippen LogP contribution in [0.15, 0.2) is 28.7 Å². The van der Waals surface area contributed by atoms with Gasteiger partial charge in [0.25, 0.3) is 0 Å². The Bertz CT molecular complexity index is 381. The lowest BCUT2D eigenvalue weighted by Gasteiger charge is -2.28. The summed E-state index contributed by atoms with van der Waals surface area (Å²) in [7, 11) is 2.23. The van der Waals surface area contributed by atoms with Crippen LogP contribution in [-0.4, -0.2) is 42.5 Å². The molecule has 18 heavy (non-hydrogen) atoms. The van der Waals surface area contributed by atoms with Gasteiger partial charge < -0.3 is 4.90 Å². The van der Waals surface area contributed by atoms with Crippen molar-refractivity contribution < 1.29 is 0 Å². The maximum atomic E-state index is 3.63. The minimum Gasteiger partial charge on any atom is -0.301 e. The molecule has 1 aliphatic heterocycles. The van der Waals surface area contributed by atoms with Gasteiger partial charge in [0.1, 0.15) is 0 Å². The first-order valence-corrected chi connectivity index (χ1v) is 7.66. The molecule has 100 valence electrons. The van der Waals surface area contributed by atoms with Gasteiger partial charge in [0, 0.05) is 23.6 Å². The Hall–Kier alpha value is -0.380. The molecule has 0 radical (unpaired) electrons. The lowest BCUT2D eigenvalue weighted by Crippen LogP contribution is -2.38. The second-order valence-electron chi connectivity index (χ2n) is 5.21. The molecule has 0 amide bonds. The number of hydrogen-bond donors (Lipinski definition) is 0. The molecule has 0 bridgehead atoms. The van der Waals surface area contributed by atoms with Crippen LogP contribution in [-0.2, 0) is 6.54 Å². The van der Waals surface area contributed by atoms with Crippen LogP contribution in [0.2, 0.25) is 0 Å². The Labute approximate surface area is 119 Å². The predicted molar refractivity (Wildman–Crippen MR) is 80.7 cm³/mol. The van der Waals surface area contributed by atoms with Gasteiger partial charge in [-0.3, -0.25) is 4.90 Å². The van der Waals surface area contributed by atoms with Crippen LogP contribution in [0, 0.1) is 0 Å². The smallest absolute Gasteiger partial charge is 0.0242 e. The van der Waals surface area contributed by atoms with Gasteiger partial charge in [-0.05, 0) is 44.6 Å². The van der Waals surface area contributed by atoms with Crippen LogP contribution in [0.4, 0.5) is 0 Å². The molecule has 1 aliphatic rings. The van der Waals surface area contributed by atoms with E-state index < -0.39 is 0 Å². The highest BCUT2D eigenvalue weighted by Gasteiger charge is 2.23. The van der Waals surface area contributed by atoms with Crippen molar-refractivity contribution in [3.05, 3.63) is 34.3 Å². The van der Waals surface area contributed by atoms with Crippen LogP contribution in [0.1, 0.15) is 25.3 Å². The number of likely N-dealkylation sites (N-methyl/N-ethyl adjacent to an activating group) is 2. The normalized spacial score (nSPS) is 20.8. The van der Waals surface area contributed by atoms with E-state index >= 15 is 0 Å². The van der Waals surface area contributed by atoms with Crippen LogP contribution in [0.25, 0.3) is 0 Å². The number of benzene rings is 1. The number of rotatable bonds is 5. The molecule has 1 saturated heterocycles. The maximum absolute atomic E-state index is 3.63. The van der Waals surface area contributed by atoms with E-state index in [4.69, 9.17) is 0 Å². The highest BCUT2D eigenvalue weighted by molar-refractivity contribution is 9.10. The molecule has 1 aromatic rings. The highest BCUT2D eigenvalue weighted by Crippen LogP contribution is 2.20. The quantitative estimate of drug-likeness (QED) is 0.823. The summed E-state index contributed by atoms with van der Waals surface area (Å²) in [5, 5.41) is 0. The highest BCUT2D eigenvalue weighted by atomic mass is 79.9. The fraction of sp³-hybridized carbons (Fsp3) is 0.600. The molecule has 0 aromatic heterocycles. The first-order chi connectivity index (χ1) is 8.70. The SMILES string of the molecule is CCN1CCCC1CN(C)Cc1ccccc1Br. The van der Waals surface area contributed by atoms with E-state index in [0.717, 1.165) is 12.6 Å². The summed E-state index contributed by atoms with van der Waals surface area (Å²) in [6.45, 7) is 6.94. The van der Waals surface area contributed by atoms with E-state index in [-0.39, 0.29) is 0 Å². The maximum Gasteiger partial charge on any atom is 0.0242 e. The zero-order valence-electron chi connectivity index (χ0n) is 11.4. The zero-order valence-corrected chi connectivity index (χ0v) is 13.0. The van der Waals surface area contributed by atoms with E-state index in [9.17, 15) is 0 Å². The molecule has 2 rings (SSSR count). The molecule has 0 N–H and O–H groups in total. The largest absolute Gasteiger partial charge is 0.301 e. The Balaban J connectivity index is 1.89. The van der Waals surface area contributed by atoms with E-state index in [2.05, 4.69) is 64.0 Å². The Morgan fingerprint density at radius 1 is 1.39 bits per heavy atom. The van der Waals surface area contributed by atoms with Gasteiger partial charge in [-0.25, -0.2) is 0 Å². The van der Waals surface area contributed by atoms with Crippen molar-refractivity contribution in [1.29, 1.82) is 0 Å². The molecule has 0 spiro atoms. The van der Waals surface area contributed by atoms with Crippen molar-refractivity contribution in [3.8, 4) is 0 Å². The van der Waals surface area contributed by atoms with Crippen molar-refractivity contribution in [2.24, 2.45) is 0 Å². The third-order valence-corrected chi connectivity index (χ3v) is 4.60. The van der Waals surface area contributed by atoms with E-state index in [1.54, 1.807) is 0 Å². The lowest BCUT2D eigenvalue weighted by molar-refractivity contribution is 0.194. The van der Waals surface area contributed by atoms with E-state index in [1.807, 2.05) is 0 Å². The number of likely N-dealkylation sites (tertiary alicyclic amines) is 1. The first-order valence-electron chi connectivity index (χ1n) is 6.86. The Kier molecular flexibility index (Phi) is 5.22. The Morgan fingerprint density at radius 2 is 2.17 bits per heavy atom. The van der Waals surface area contributed by atoms with Gasteiger partial charge in [0.05, 0.1) is 0 Å². The van der Waals surface area contributed by atoms with Gasteiger partial charge >= 0.3 is 0 Å². The van der Waals surface area contributed by atoms with Crippen molar-refractivity contribution in [3.63, 3.8) is 0 Å². The van der Waals surface area contributed by atoms with Gasteiger partial charge in [0.15, 0.2) is 0 Å². The molecule has 0 aliphatic carbocycles. The summed E-state index contributed by atoms with van der Waals surface area (Å²) in [6, 6.07) is 9.26. The van der Waals surface area contributed by atoms with Crippen LogP contribution < -0.4 is 0 Å². The van der Waals surface area contributed by atoms with Gasteiger partial charge in [-0.1, -0.05) is 41.1 Å². The molecule has 1 unspecified atom stereocenters. The summed E-state index contributed by atoms with van der Waals surface area (Å²) in [6.07, 6.45) is 2.72. The molecule has 1 heterocycles. The third kappa shape index (κ3) is 3.56. The average Bonchev–Trinajstić information content (AvgIpc) is 2.79. The standard InChI is InChI=1S/C15H23BrN2/c1-3-18-10-6-8-14(18)12-17(2)11-13-7-4-5-9-15(13)16/h4-5,7,9,14H,3,6,8,10-12H2,1-2H3. The first kappa shape index (κ1) is 14.0. The van der Waals surface area contributed by atoms with Crippen LogP contribution >= 0.6 is 15.9 Å². The lowest BCUT2D eigenvalue weighted by atomic mass is 10.2. The van der Waals surface area contributed by atoms with Gasteiger partial charge in [-0.2, -0.15) is 0 Å². The summed E-state index contributed by atoms with van der Waals surface area (Å²) < 4.78 is 1.22. The molecule has 3 heteroatoms. The van der Waals surface area contributed by atoms with Crippen molar-refractivity contribution >= 4 is 15.9 Å². The summed E-state index contributed by atoms with van der Waals surface area (Å²) in [5.41, 5.74) is 1.38. The zero-order chi connectivity index (χ0) is 13.0. The number of nitrogens with zero attached hydrogens (tertiary/aromatic N) is 2. The van der Waals surface area contributed by atoms with Crippen LogP contribution in [0.3, 0.4) is 0 Å². The summed E-state index contributed by atoms with van der Waals surface area (Å²) in [4.78, 5) is 5.05.